The van der Waals surface area contributed by atoms with Crippen molar-refractivity contribution in [2.45, 2.75) is 19.9 Å². The number of carbonyl (C=O) groups is 1. The smallest absolute Gasteiger partial charge is 0.334 e. The molecule has 0 aliphatic carbocycles. The van der Waals surface area contributed by atoms with E-state index in [1.54, 1.807) is 30.4 Å². The molecule has 3 aromatic rings. The number of carbonyl (C=O) groups excluding carboxylic acids is 1. The van der Waals surface area contributed by atoms with Gasteiger partial charge in [-0.25, -0.2) is 18.0 Å². The molecule has 0 saturated carbocycles. The molecule has 1 aromatic heterocycles. The van der Waals surface area contributed by atoms with Crippen molar-refractivity contribution < 1.29 is 27.4 Å². The van der Waals surface area contributed by atoms with Crippen LogP contribution in [0.25, 0.3) is 0 Å². The average molecular weight is 526 g/mol. The van der Waals surface area contributed by atoms with Crippen LogP contribution < -0.4 is 19.3 Å². The third kappa shape index (κ3) is 4.86. The second-order valence-corrected chi connectivity index (χ2v) is 8.49. The van der Waals surface area contributed by atoms with Gasteiger partial charge in [0.1, 0.15) is 11.5 Å². The highest BCUT2D eigenvalue weighted by Crippen LogP contribution is 2.43. The number of para-hydroxylation sites is 1. The molecule has 2 heterocycles. The van der Waals surface area contributed by atoms with Crippen LogP contribution in [0.4, 0.5) is 35.0 Å². The number of nitrogens with zero attached hydrogens (tertiary/aromatic N) is 5. The first-order valence-electron chi connectivity index (χ1n) is 11.5. The third-order valence-corrected chi connectivity index (χ3v) is 5.95. The second kappa shape index (κ2) is 10.8. The number of halogens is 3. The lowest BCUT2D eigenvalue weighted by Crippen LogP contribution is -2.46. The summed E-state index contributed by atoms with van der Waals surface area (Å²) in [6.07, 6.45) is 3.38. The van der Waals surface area contributed by atoms with Gasteiger partial charge in [-0.15, -0.1) is 0 Å². The maximum atomic E-state index is 15.4. The fourth-order valence-corrected chi connectivity index (χ4v) is 4.16. The van der Waals surface area contributed by atoms with Crippen LogP contribution in [0.1, 0.15) is 18.2 Å². The van der Waals surface area contributed by atoms with E-state index >= 15 is 13.2 Å². The Labute approximate surface area is 218 Å². The first-order valence-corrected chi connectivity index (χ1v) is 11.5. The Morgan fingerprint density at radius 3 is 2.39 bits per heavy atom. The molecule has 0 fully saturated rings. The van der Waals surface area contributed by atoms with Crippen molar-refractivity contribution in [3.05, 3.63) is 84.1 Å². The molecular formula is C27H26F3N5O3. The third-order valence-electron chi connectivity index (χ3n) is 5.95. The summed E-state index contributed by atoms with van der Waals surface area (Å²) in [7, 11) is 4.15. The van der Waals surface area contributed by atoms with Gasteiger partial charge in [0, 0.05) is 48.9 Å². The monoisotopic (exact) mass is 525 g/mol. The fraction of sp³-hybridized carbons (Fsp3) is 0.222. The van der Waals surface area contributed by atoms with E-state index in [0.29, 0.717) is 29.1 Å². The Kier molecular flexibility index (Phi) is 7.56. The van der Waals surface area contributed by atoms with E-state index in [1.807, 2.05) is 6.92 Å². The molecule has 1 aliphatic heterocycles. The van der Waals surface area contributed by atoms with E-state index in [2.05, 4.69) is 16.7 Å². The highest BCUT2D eigenvalue weighted by molar-refractivity contribution is 6.11. The lowest BCUT2D eigenvalue weighted by Gasteiger charge is -2.37. The van der Waals surface area contributed by atoms with Crippen molar-refractivity contribution in [1.82, 2.24) is 9.99 Å². The number of urea groups is 1. The van der Waals surface area contributed by atoms with Gasteiger partial charge in [0.15, 0.2) is 23.1 Å². The Morgan fingerprint density at radius 2 is 1.79 bits per heavy atom. The minimum absolute atomic E-state index is 0.0898. The Bertz CT molecular complexity index is 1400. The maximum Gasteiger partial charge on any atom is 0.334 e. The summed E-state index contributed by atoms with van der Waals surface area (Å²) in [6.45, 7) is 5.23. The van der Waals surface area contributed by atoms with Gasteiger partial charge in [0.2, 0.25) is 0 Å². The van der Waals surface area contributed by atoms with E-state index < -0.39 is 29.2 Å². The Balaban J connectivity index is 1.88. The molecule has 0 radical (unpaired) electrons. The van der Waals surface area contributed by atoms with Gasteiger partial charge in [0.05, 0.1) is 32.1 Å². The summed E-state index contributed by atoms with van der Waals surface area (Å²) in [6, 6.07) is 7.46. The largest absolute Gasteiger partial charge is 0.493 e. The van der Waals surface area contributed by atoms with E-state index in [1.165, 1.54) is 38.6 Å². The van der Waals surface area contributed by atoms with Crippen molar-refractivity contribution >= 4 is 28.8 Å². The van der Waals surface area contributed by atoms with Gasteiger partial charge >= 0.3 is 6.03 Å². The number of pyridine rings is 1. The van der Waals surface area contributed by atoms with Crippen molar-refractivity contribution in [2.75, 3.05) is 31.1 Å². The number of methoxy groups -OCH3 is 2. The number of hydrogen-bond acceptors (Lipinski definition) is 6. The summed E-state index contributed by atoms with van der Waals surface area (Å²) in [5.41, 5.74) is 1.28. The average Bonchev–Trinajstić information content (AvgIpc) is 2.90. The molecule has 38 heavy (non-hydrogen) atoms. The van der Waals surface area contributed by atoms with E-state index in [4.69, 9.17) is 9.47 Å². The van der Waals surface area contributed by atoms with Crippen LogP contribution in [0.2, 0.25) is 0 Å². The van der Waals surface area contributed by atoms with Crippen LogP contribution in [0.3, 0.4) is 0 Å². The number of aromatic nitrogens is 1. The number of hydrazone groups is 1. The fourth-order valence-electron chi connectivity index (χ4n) is 4.16. The van der Waals surface area contributed by atoms with Crippen LogP contribution in [-0.4, -0.2) is 43.0 Å². The molecule has 0 N–H and O–H groups in total. The molecule has 0 spiro atoms. The number of benzene rings is 2. The highest BCUT2D eigenvalue weighted by Gasteiger charge is 2.38. The molecule has 1 aliphatic rings. The predicted molar refractivity (Wildman–Crippen MR) is 139 cm³/mol. The lowest BCUT2D eigenvalue weighted by molar-refractivity contribution is 0.251. The van der Waals surface area contributed by atoms with Gasteiger partial charge in [-0.05, 0) is 25.1 Å². The summed E-state index contributed by atoms with van der Waals surface area (Å²) < 4.78 is 55.8. The minimum Gasteiger partial charge on any atom is -0.493 e. The number of hydrogen-bond donors (Lipinski definition) is 0. The zero-order chi connectivity index (χ0) is 27.6. The van der Waals surface area contributed by atoms with Crippen molar-refractivity contribution in [3.8, 4) is 11.5 Å². The summed E-state index contributed by atoms with van der Waals surface area (Å²) in [5, 5.41) is 5.90. The van der Waals surface area contributed by atoms with Gasteiger partial charge in [-0.1, -0.05) is 18.7 Å². The molecule has 4 rings (SSSR count). The number of rotatable bonds is 8. The first kappa shape index (κ1) is 26.5. The Hall–Kier alpha value is -4.54. The SMILES string of the molecule is C=CN(C)/N=C(/C)Cc1cc2c(cn1)CN(c1c(F)c(OC)cc(OC)c1F)C(=O)N2c1ccccc1F. The van der Waals surface area contributed by atoms with Crippen LogP contribution in [0, 0.1) is 17.5 Å². The zero-order valence-corrected chi connectivity index (χ0v) is 21.3. The Morgan fingerprint density at radius 1 is 1.13 bits per heavy atom. The quantitative estimate of drug-likeness (QED) is 0.275. The molecule has 0 bridgehead atoms. The van der Waals surface area contributed by atoms with Gasteiger partial charge < -0.3 is 9.47 Å². The second-order valence-electron chi connectivity index (χ2n) is 8.49. The molecule has 0 unspecified atom stereocenters. The van der Waals surface area contributed by atoms with E-state index in [9.17, 15) is 4.79 Å². The normalized spacial score (nSPS) is 13.3. The van der Waals surface area contributed by atoms with Gasteiger partial charge in [-0.3, -0.25) is 19.8 Å². The standard InChI is InChI=1S/C27H26F3N5O3/c1-6-33(3)32-16(2)11-18-12-21-17(14-31-18)15-34(27(36)35(21)20-10-8-7-9-19(20)28)26-24(29)22(37-4)13-23(38-5)25(26)30/h6-10,12-14H,1,11,15H2,2-5H3/b32-16-. The van der Waals surface area contributed by atoms with Crippen LogP contribution in [0.5, 0.6) is 11.5 Å². The van der Waals surface area contributed by atoms with E-state index in [-0.39, 0.29) is 23.7 Å². The minimum atomic E-state index is -1.10. The molecule has 0 saturated heterocycles. The topological polar surface area (TPSA) is 70.5 Å². The summed E-state index contributed by atoms with van der Waals surface area (Å²) in [4.78, 5) is 20.3. The van der Waals surface area contributed by atoms with Crippen molar-refractivity contribution in [1.29, 1.82) is 0 Å². The maximum absolute atomic E-state index is 15.4. The van der Waals surface area contributed by atoms with E-state index in [0.717, 1.165) is 15.9 Å². The molecular weight excluding hydrogens is 499 g/mol. The molecule has 11 heteroatoms. The highest BCUT2D eigenvalue weighted by atomic mass is 19.1. The lowest BCUT2D eigenvalue weighted by atomic mass is 10.1. The van der Waals surface area contributed by atoms with Crippen LogP contribution in [0.15, 0.2) is 60.5 Å². The first-order chi connectivity index (χ1) is 18.2. The van der Waals surface area contributed by atoms with Crippen molar-refractivity contribution in [3.63, 3.8) is 0 Å². The van der Waals surface area contributed by atoms with Crippen molar-refractivity contribution in [2.24, 2.45) is 5.10 Å². The number of fused-ring (bicyclic) bond motifs is 1. The number of anilines is 3. The van der Waals surface area contributed by atoms with Gasteiger partial charge in [0.25, 0.3) is 0 Å². The van der Waals surface area contributed by atoms with Crippen LogP contribution in [-0.2, 0) is 13.0 Å². The molecule has 198 valence electrons. The summed E-state index contributed by atoms with van der Waals surface area (Å²) in [5.74, 6) is -3.52. The predicted octanol–water partition coefficient (Wildman–Crippen LogP) is 5.79. The summed E-state index contributed by atoms with van der Waals surface area (Å²) >= 11 is 0. The van der Waals surface area contributed by atoms with Gasteiger partial charge in [-0.2, -0.15) is 5.10 Å². The number of amides is 2. The molecule has 2 aromatic carbocycles. The molecule has 0 atom stereocenters. The number of ether oxygens (including phenoxy) is 2. The van der Waals surface area contributed by atoms with Crippen LogP contribution >= 0.6 is 0 Å². The zero-order valence-electron chi connectivity index (χ0n) is 21.3. The molecule has 2 amide bonds. The molecule has 8 nitrogen and oxygen atoms in total.